The molecule has 4 unspecified atom stereocenters. The Labute approximate surface area is 269 Å². The van der Waals surface area contributed by atoms with Crippen molar-refractivity contribution >= 4 is 13.7 Å². The number of rotatable bonds is 32. The van der Waals surface area contributed by atoms with E-state index in [1.165, 1.54) is 83.1 Å². The zero-order valence-electron chi connectivity index (χ0n) is 28.0. The first-order chi connectivity index (χ1) is 21.3. The van der Waals surface area contributed by atoms with E-state index in [9.17, 15) is 24.5 Å². The van der Waals surface area contributed by atoms with Gasteiger partial charge in [0, 0.05) is 6.54 Å². The predicted octanol–water partition coefficient (Wildman–Crippen LogP) is 7.63. The third-order valence-electron chi connectivity index (χ3n) is 7.57. The van der Waals surface area contributed by atoms with E-state index in [0.29, 0.717) is 12.8 Å². The zero-order chi connectivity index (χ0) is 32.7. The molecule has 0 aliphatic heterocycles. The lowest BCUT2D eigenvalue weighted by Gasteiger charge is -2.24. The molecule has 0 aromatic rings. The van der Waals surface area contributed by atoms with Crippen molar-refractivity contribution in [3.05, 3.63) is 24.3 Å². The van der Waals surface area contributed by atoms with Crippen LogP contribution < -0.4 is 11.1 Å². The third kappa shape index (κ3) is 28.4. The highest BCUT2D eigenvalue weighted by atomic mass is 31.2. The SMILES string of the molecule is CCC/C=C/CC/C=C/C(O)C(COP(=O)(O)OCCN)NC(=O)CC(O)CCCCCCCCCCCCCCCCC. The lowest BCUT2D eigenvalue weighted by Crippen LogP contribution is -2.46. The molecule has 1 amide bonds. The monoisotopic (exact) mass is 646 g/mol. The molecule has 0 aliphatic rings. The van der Waals surface area contributed by atoms with Crippen molar-refractivity contribution in [2.24, 2.45) is 5.73 Å². The van der Waals surface area contributed by atoms with Crippen molar-refractivity contribution in [2.75, 3.05) is 19.8 Å². The molecule has 0 bridgehead atoms. The number of unbranched alkanes of at least 4 members (excludes halogenated alkanes) is 16. The number of aliphatic hydroxyl groups excluding tert-OH is 2. The highest BCUT2D eigenvalue weighted by molar-refractivity contribution is 7.47. The second kappa shape index (κ2) is 30.6. The average Bonchev–Trinajstić information content (AvgIpc) is 2.99. The van der Waals surface area contributed by atoms with Crippen LogP contribution in [-0.4, -0.2) is 59.0 Å². The van der Waals surface area contributed by atoms with Gasteiger partial charge in [-0.05, 0) is 25.7 Å². The lowest BCUT2D eigenvalue weighted by molar-refractivity contribution is -0.124. The van der Waals surface area contributed by atoms with Crippen LogP contribution in [0.2, 0.25) is 0 Å². The number of aliphatic hydroxyl groups is 2. The van der Waals surface area contributed by atoms with Crippen LogP contribution >= 0.6 is 7.82 Å². The molecule has 44 heavy (non-hydrogen) atoms. The minimum atomic E-state index is -4.39. The summed E-state index contributed by atoms with van der Waals surface area (Å²) in [7, 11) is -4.39. The molecular formula is C34H67N2O7P. The van der Waals surface area contributed by atoms with Crippen molar-refractivity contribution in [1.29, 1.82) is 0 Å². The normalized spacial score (nSPS) is 15.5. The summed E-state index contributed by atoms with van der Waals surface area (Å²) in [4.78, 5) is 22.5. The van der Waals surface area contributed by atoms with E-state index >= 15 is 0 Å². The van der Waals surface area contributed by atoms with E-state index in [0.717, 1.165) is 38.5 Å². The number of hydrogen-bond acceptors (Lipinski definition) is 7. The van der Waals surface area contributed by atoms with E-state index in [4.69, 9.17) is 14.8 Å². The average molecular weight is 647 g/mol. The highest BCUT2D eigenvalue weighted by Gasteiger charge is 2.27. The van der Waals surface area contributed by atoms with Crippen molar-refractivity contribution in [2.45, 2.75) is 167 Å². The molecule has 0 saturated heterocycles. The summed E-state index contributed by atoms with van der Waals surface area (Å²) >= 11 is 0. The number of phosphoric acid groups is 1. The molecule has 260 valence electrons. The number of carbonyl (C=O) groups is 1. The van der Waals surface area contributed by atoms with Crippen LogP contribution in [0.1, 0.15) is 149 Å². The van der Waals surface area contributed by atoms with Gasteiger partial charge in [-0.15, -0.1) is 0 Å². The van der Waals surface area contributed by atoms with Gasteiger partial charge in [0.15, 0.2) is 0 Å². The molecule has 0 spiro atoms. The Morgan fingerprint density at radius 1 is 0.773 bits per heavy atom. The van der Waals surface area contributed by atoms with Crippen LogP contribution in [0.4, 0.5) is 0 Å². The largest absolute Gasteiger partial charge is 0.472 e. The molecule has 0 heterocycles. The van der Waals surface area contributed by atoms with E-state index in [1.807, 2.05) is 0 Å². The Morgan fingerprint density at radius 3 is 1.84 bits per heavy atom. The molecule has 9 nitrogen and oxygen atoms in total. The smallest absolute Gasteiger partial charge is 0.393 e. The number of allylic oxidation sites excluding steroid dienone is 3. The molecule has 4 atom stereocenters. The number of phosphoric ester groups is 1. The Morgan fingerprint density at radius 2 is 1.30 bits per heavy atom. The molecule has 10 heteroatoms. The minimum absolute atomic E-state index is 0.0450. The Hall–Kier alpha value is -1.06. The van der Waals surface area contributed by atoms with Gasteiger partial charge >= 0.3 is 7.82 Å². The second-order valence-corrected chi connectivity index (χ2v) is 13.4. The standard InChI is InChI=1S/C34H67N2O7P/c1-3-5-7-9-11-12-13-14-15-16-17-18-20-21-23-25-31(37)29-34(39)36-32(30-43-44(40,41)42-28-27-35)33(38)26-24-22-19-10-8-6-4-2/h8,10,24,26,31-33,37-38H,3-7,9,11-23,25,27-30,35H2,1-2H3,(H,36,39)(H,40,41)/b10-8+,26-24+. The van der Waals surface area contributed by atoms with Gasteiger partial charge in [-0.3, -0.25) is 13.8 Å². The van der Waals surface area contributed by atoms with Crippen molar-refractivity contribution in [3.63, 3.8) is 0 Å². The maximum atomic E-state index is 12.7. The van der Waals surface area contributed by atoms with Gasteiger partial charge in [0.1, 0.15) is 0 Å². The van der Waals surface area contributed by atoms with Crippen LogP contribution in [0.5, 0.6) is 0 Å². The van der Waals surface area contributed by atoms with Gasteiger partial charge in [0.25, 0.3) is 0 Å². The number of nitrogens with one attached hydrogen (secondary N) is 1. The Balaban J connectivity index is 4.33. The van der Waals surface area contributed by atoms with Crippen molar-refractivity contribution in [3.8, 4) is 0 Å². The fourth-order valence-corrected chi connectivity index (χ4v) is 5.66. The summed E-state index contributed by atoms with van der Waals surface area (Å²) in [6.07, 6.45) is 28.7. The summed E-state index contributed by atoms with van der Waals surface area (Å²) < 4.78 is 21.8. The van der Waals surface area contributed by atoms with Crippen molar-refractivity contribution < 1.29 is 33.5 Å². The van der Waals surface area contributed by atoms with Crippen molar-refractivity contribution in [1.82, 2.24) is 5.32 Å². The molecule has 0 aliphatic carbocycles. The van der Waals surface area contributed by atoms with Crippen LogP contribution in [0.25, 0.3) is 0 Å². The van der Waals surface area contributed by atoms with E-state index in [1.54, 1.807) is 6.08 Å². The molecule has 0 radical (unpaired) electrons. The quantitative estimate of drug-likeness (QED) is 0.0284. The number of nitrogens with two attached hydrogens (primary N) is 1. The van der Waals surface area contributed by atoms with E-state index < -0.39 is 38.6 Å². The number of amides is 1. The van der Waals surface area contributed by atoms with Gasteiger partial charge in [-0.2, -0.15) is 0 Å². The van der Waals surface area contributed by atoms with Crippen LogP contribution in [0.3, 0.4) is 0 Å². The molecule has 0 saturated carbocycles. The second-order valence-electron chi connectivity index (χ2n) is 11.9. The fourth-order valence-electron chi connectivity index (χ4n) is 4.90. The maximum Gasteiger partial charge on any atom is 0.472 e. The molecule has 6 N–H and O–H groups in total. The maximum absolute atomic E-state index is 12.7. The minimum Gasteiger partial charge on any atom is -0.393 e. The number of hydrogen-bond donors (Lipinski definition) is 5. The van der Waals surface area contributed by atoms with Crippen LogP contribution in [0.15, 0.2) is 24.3 Å². The van der Waals surface area contributed by atoms with Gasteiger partial charge < -0.3 is 26.2 Å². The topological polar surface area (TPSA) is 151 Å². The van der Waals surface area contributed by atoms with Gasteiger partial charge in [0.05, 0.1) is 37.9 Å². The molecule has 0 rings (SSSR count). The molecule has 0 fully saturated rings. The third-order valence-corrected chi connectivity index (χ3v) is 8.55. The first-order valence-electron chi connectivity index (χ1n) is 17.5. The molecular weight excluding hydrogens is 579 g/mol. The molecule has 0 aromatic carbocycles. The summed E-state index contributed by atoms with van der Waals surface area (Å²) in [5.74, 6) is -0.461. The summed E-state index contributed by atoms with van der Waals surface area (Å²) in [6.45, 7) is 3.81. The van der Waals surface area contributed by atoms with Crippen LogP contribution in [-0.2, 0) is 18.4 Å². The van der Waals surface area contributed by atoms with Crippen LogP contribution in [0, 0.1) is 0 Å². The Bertz CT molecular complexity index is 766. The summed E-state index contributed by atoms with van der Waals surface area (Å²) in [5.41, 5.74) is 5.31. The highest BCUT2D eigenvalue weighted by Crippen LogP contribution is 2.43. The van der Waals surface area contributed by atoms with E-state index in [-0.39, 0.29) is 19.6 Å². The van der Waals surface area contributed by atoms with Gasteiger partial charge in [0.2, 0.25) is 5.91 Å². The predicted molar refractivity (Wildman–Crippen MR) is 181 cm³/mol. The summed E-state index contributed by atoms with van der Waals surface area (Å²) in [6, 6.07) is -0.991. The lowest BCUT2D eigenvalue weighted by atomic mass is 10.0. The zero-order valence-corrected chi connectivity index (χ0v) is 28.9. The first-order valence-corrected chi connectivity index (χ1v) is 19.0. The fraction of sp³-hybridized carbons (Fsp3) is 0.853. The van der Waals surface area contributed by atoms with E-state index in [2.05, 4.69) is 31.3 Å². The molecule has 0 aromatic heterocycles. The first kappa shape index (κ1) is 42.9. The van der Waals surface area contributed by atoms with Gasteiger partial charge in [-0.25, -0.2) is 4.57 Å². The van der Waals surface area contributed by atoms with Gasteiger partial charge in [-0.1, -0.05) is 141 Å². The Kier molecular flexibility index (Phi) is 29.8. The summed E-state index contributed by atoms with van der Waals surface area (Å²) in [5, 5.41) is 23.7. The number of carbonyl (C=O) groups excluding carboxylic acids is 1.